The lowest BCUT2D eigenvalue weighted by Crippen LogP contribution is -2.35. The summed E-state index contributed by atoms with van der Waals surface area (Å²) < 4.78 is 39.7. The number of rotatable bonds is 4. The first-order valence-electron chi connectivity index (χ1n) is 5.16. The minimum Gasteiger partial charge on any atom is -0.406 e. The maximum Gasteiger partial charge on any atom is 0.573 e. The summed E-state index contributed by atoms with van der Waals surface area (Å²) in [7, 11) is 1.60. The number of amides is 1. The smallest absolute Gasteiger partial charge is 0.406 e. The van der Waals surface area contributed by atoms with Gasteiger partial charge in [0.05, 0.1) is 6.04 Å². The predicted octanol–water partition coefficient (Wildman–Crippen LogP) is 2.13. The van der Waals surface area contributed by atoms with E-state index < -0.39 is 12.4 Å². The topological polar surface area (TPSA) is 50.4 Å². The van der Waals surface area contributed by atoms with Gasteiger partial charge >= 0.3 is 6.36 Å². The van der Waals surface area contributed by atoms with E-state index in [1.165, 1.54) is 12.1 Å². The molecule has 1 unspecified atom stereocenters. The van der Waals surface area contributed by atoms with E-state index in [0.29, 0.717) is 0 Å². The van der Waals surface area contributed by atoms with Crippen molar-refractivity contribution in [1.29, 1.82) is 0 Å². The number of alkyl halides is 3. The van der Waals surface area contributed by atoms with Gasteiger partial charge in [0.15, 0.2) is 0 Å². The van der Waals surface area contributed by atoms with E-state index in [1.807, 2.05) is 0 Å². The Morgan fingerprint density at radius 1 is 1.39 bits per heavy atom. The summed E-state index contributed by atoms with van der Waals surface area (Å²) in [6, 6.07) is 4.65. The van der Waals surface area contributed by atoms with Crippen LogP contribution < -0.4 is 15.4 Å². The Labute approximate surface area is 102 Å². The van der Waals surface area contributed by atoms with Crippen LogP contribution in [0.1, 0.15) is 6.92 Å². The number of ether oxygens (including phenoxy) is 1. The largest absolute Gasteiger partial charge is 0.573 e. The molecule has 0 heterocycles. The normalized spacial score (nSPS) is 12.9. The van der Waals surface area contributed by atoms with Crippen molar-refractivity contribution in [3.63, 3.8) is 0 Å². The quantitative estimate of drug-likeness (QED) is 0.874. The highest BCUT2D eigenvalue weighted by Crippen LogP contribution is 2.24. The van der Waals surface area contributed by atoms with Crippen molar-refractivity contribution in [3.05, 3.63) is 24.3 Å². The van der Waals surface area contributed by atoms with Gasteiger partial charge < -0.3 is 15.4 Å². The van der Waals surface area contributed by atoms with Crippen molar-refractivity contribution < 1.29 is 22.7 Å². The van der Waals surface area contributed by atoms with Gasteiger partial charge in [0, 0.05) is 11.8 Å². The molecular formula is C11H13F3N2O2. The van der Waals surface area contributed by atoms with Gasteiger partial charge in [-0.1, -0.05) is 6.07 Å². The number of carbonyl (C=O) groups excluding carboxylic acids is 1. The molecule has 0 fully saturated rings. The molecule has 1 amide bonds. The lowest BCUT2D eigenvalue weighted by molar-refractivity contribution is -0.274. The maximum atomic E-state index is 12.0. The van der Waals surface area contributed by atoms with Crippen LogP contribution in [0.5, 0.6) is 5.75 Å². The number of nitrogens with one attached hydrogen (secondary N) is 2. The van der Waals surface area contributed by atoms with Crippen LogP contribution in [-0.4, -0.2) is 25.4 Å². The van der Waals surface area contributed by atoms with Gasteiger partial charge in [-0.05, 0) is 26.1 Å². The van der Waals surface area contributed by atoms with Crippen LogP contribution in [0, 0.1) is 0 Å². The van der Waals surface area contributed by atoms with E-state index in [2.05, 4.69) is 15.4 Å². The third-order valence-electron chi connectivity index (χ3n) is 2.16. The van der Waals surface area contributed by atoms with E-state index in [1.54, 1.807) is 14.0 Å². The fourth-order valence-electron chi connectivity index (χ4n) is 1.15. The van der Waals surface area contributed by atoms with Gasteiger partial charge in [0.2, 0.25) is 5.91 Å². The van der Waals surface area contributed by atoms with Gasteiger partial charge in [0.25, 0.3) is 0 Å². The van der Waals surface area contributed by atoms with E-state index in [-0.39, 0.29) is 17.3 Å². The minimum atomic E-state index is -4.75. The Hall–Kier alpha value is -1.76. The van der Waals surface area contributed by atoms with Crippen molar-refractivity contribution in [2.45, 2.75) is 19.3 Å². The predicted molar refractivity (Wildman–Crippen MR) is 60.3 cm³/mol. The zero-order chi connectivity index (χ0) is 13.8. The second-order valence-electron chi connectivity index (χ2n) is 3.58. The highest BCUT2D eigenvalue weighted by atomic mass is 19.4. The zero-order valence-electron chi connectivity index (χ0n) is 9.84. The van der Waals surface area contributed by atoms with Gasteiger partial charge in [-0.2, -0.15) is 0 Å². The first-order chi connectivity index (χ1) is 8.31. The molecule has 0 bridgehead atoms. The molecule has 18 heavy (non-hydrogen) atoms. The fourth-order valence-corrected chi connectivity index (χ4v) is 1.15. The Bertz CT molecular complexity index is 421. The van der Waals surface area contributed by atoms with Crippen LogP contribution in [0.4, 0.5) is 18.9 Å². The fraction of sp³-hybridized carbons (Fsp3) is 0.364. The summed E-state index contributed by atoms with van der Waals surface area (Å²) in [6.07, 6.45) is -4.75. The molecule has 4 nitrogen and oxygen atoms in total. The molecule has 1 atom stereocenters. The summed E-state index contributed by atoms with van der Waals surface area (Å²) >= 11 is 0. The Morgan fingerprint density at radius 2 is 2.06 bits per heavy atom. The maximum absolute atomic E-state index is 12.0. The number of carbonyl (C=O) groups is 1. The molecule has 0 radical (unpaired) electrons. The highest BCUT2D eigenvalue weighted by Gasteiger charge is 2.31. The van der Waals surface area contributed by atoms with Gasteiger partial charge in [0.1, 0.15) is 5.75 Å². The lowest BCUT2D eigenvalue weighted by atomic mass is 10.2. The number of hydrogen-bond donors (Lipinski definition) is 2. The molecule has 0 aliphatic rings. The van der Waals surface area contributed by atoms with Crippen LogP contribution in [0.25, 0.3) is 0 Å². The average Bonchev–Trinajstić information content (AvgIpc) is 2.26. The third kappa shape index (κ3) is 4.62. The molecule has 1 aromatic carbocycles. The van der Waals surface area contributed by atoms with Crippen molar-refractivity contribution in [1.82, 2.24) is 5.32 Å². The molecule has 100 valence electrons. The molecule has 0 saturated carbocycles. The monoisotopic (exact) mass is 262 g/mol. The van der Waals surface area contributed by atoms with Crippen molar-refractivity contribution in [2.24, 2.45) is 0 Å². The Kier molecular flexibility index (Phi) is 4.55. The van der Waals surface area contributed by atoms with Crippen molar-refractivity contribution in [3.8, 4) is 5.75 Å². The lowest BCUT2D eigenvalue weighted by Gasteiger charge is -2.13. The van der Waals surface area contributed by atoms with Crippen LogP contribution in [0.3, 0.4) is 0 Å². The zero-order valence-corrected chi connectivity index (χ0v) is 9.84. The molecular weight excluding hydrogens is 249 g/mol. The first kappa shape index (κ1) is 14.3. The number of anilines is 1. The van der Waals surface area contributed by atoms with E-state index >= 15 is 0 Å². The number of halogens is 3. The van der Waals surface area contributed by atoms with Gasteiger partial charge in [-0.25, -0.2) is 0 Å². The molecule has 0 aliphatic heterocycles. The van der Waals surface area contributed by atoms with E-state index in [0.717, 1.165) is 12.1 Å². The molecule has 0 spiro atoms. The summed E-state index contributed by atoms with van der Waals surface area (Å²) in [6.45, 7) is 1.63. The summed E-state index contributed by atoms with van der Waals surface area (Å²) in [5.41, 5.74) is 0.240. The number of hydrogen-bond acceptors (Lipinski definition) is 3. The summed E-state index contributed by atoms with van der Waals surface area (Å²) in [5.74, 6) is -0.723. The van der Waals surface area contributed by atoms with Crippen molar-refractivity contribution >= 4 is 11.6 Å². The molecule has 0 aromatic heterocycles. The van der Waals surface area contributed by atoms with Crippen LogP contribution >= 0.6 is 0 Å². The molecule has 0 saturated heterocycles. The van der Waals surface area contributed by atoms with Crippen molar-refractivity contribution in [2.75, 3.05) is 12.4 Å². The van der Waals surface area contributed by atoms with Crippen LogP contribution in [-0.2, 0) is 4.79 Å². The van der Waals surface area contributed by atoms with Crippen LogP contribution in [0.2, 0.25) is 0 Å². The summed E-state index contributed by atoms with van der Waals surface area (Å²) in [5, 5.41) is 5.18. The molecule has 1 aromatic rings. The first-order valence-corrected chi connectivity index (χ1v) is 5.16. The number of likely N-dealkylation sites (N-methyl/N-ethyl adjacent to an activating group) is 1. The Morgan fingerprint density at radius 3 is 2.61 bits per heavy atom. The standard InChI is InChI=1S/C11H13F3N2O2/c1-7(15-2)10(17)16-8-4-3-5-9(6-8)18-11(12,13)14/h3-7,15H,1-2H3,(H,16,17). The van der Waals surface area contributed by atoms with Gasteiger partial charge in [-0.15, -0.1) is 13.2 Å². The molecule has 1 rings (SSSR count). The SMILES string of the molecule is CNC(C)C(=O)Nc1cccc(OC(F)(F)F)c1. The molecule has 0 aliphatic carbocycles. The third-order valence-corrected chi connectivity index (χ3v) is 2.16. The Balaban J connectivity index is 2.74. The van der Waals surface area contributed by atoms with Gasteiger partial charge in [-0.3, -0.25) is 4.79 Å². The number of benzene rings is 1. The second kappa shape index (κ2) is 5.72. The van der Waals surface area contributed by atoms with E-state index in [4.69, 9.17) is 0 Å². The van der Waals surface area contributed by atoms with Crippen LogP contribution in [0.15, 0.2) is 24.3 Å². The average molecular weight is 262 g/mol. The summed E-state index contributed by atoms with van der Waals surface area (Å²) in [4.78, 5) is 11.5. The molecule has 7 heteroatoms. The second-order valence-corrected chi connectivity index (χ2v) is 3.58. The highest BCUT2D eigenvalue weighted by molar-refractivity contribution is 5.94. The minimum absolute atomic E-state index is 0.240. The molecule has 2 N–H and O–H groups in total. The van der Waals surface area contributed by atoms with E-state index in [9.17, 15) is 18.0 Å².